The van der Waals surface area contributed by atoms with E-state index in [2.05, 4.69) is 10.0 Å². The van der Waals surface area contributed by atoms with Gasteiger partial charge in [-0.15, -0.1) is 12.4 Å². The summed E-state index contributed by atoms with van der Waals surface area (Å²) in [5.74, 6) is 0.721. The van der Waals surface area contributed by atoms with Crippen molar-refractivity contribution in [3.63, 3.8) is 0 Å². The lowest BCUT2D eigenvalue weighted by atomic mass is 10.1. The van der Waals surface area contributed by atoms with Crippen LogP contribution in [0.4, 0.5) is 0 Å². The minimum Gasteiger partial charge on any atom is -0.313 e. The summed E-state index contributed by atoms with van der Waals surface area (Å²) in [6, 6.07) is 0.594. The van der Waals surface area contributed by atoms with Gasteiger partial charge in [0.15, 0.2) is 0 Å². The van der Waals surface area contributed by atoms with Gasteiger partial charge in [-0.2, -0.15) is 0 Å². The predicted molar refractivity (Wildman–Crippen MR) is 90.5 cm³/mol. The first-order chi connectivity index (χ1) is 9.66. The molecule has 0 heterocycles. The van der Waals surface area contributed by atoms with Crippen molar-refractivity contribution >= 4 is 22.4 Å². The minimum absolute atomic E-state index is 0. The highest BCUT2D eigenvalue weighted by molar-refractivity contribution is 7.89. The van der Waals surface area contributed by atoms with E-state index in [1.807, 2.05) is 0 Å². The Kier molecular flexibility index (Phi) is 9.18. The quantitative estimate of drug-likeness (QED) is 0.554. The SMILES string of the molecule is Cl.O=S(=O)(CC1CCCC1)NCCNC1CCCCCC1. The van der Waals surface area contributed by atoms with Crippen LogP contribution >= 0.6 is 12.4 Å². The van der Waals surface area contributed by atoms with E-state index in [-0.39, 0.29) is 12.4 Å². The minimum atomic E-state index is -3.07. The number of hydrogen-bond donors (Lipinski definition) is 2. The third kappa shape index (κ3) is 7.82. The molecule has 0 amide bonds. The molecule has 0 aromatic heterocycles. The van der Waals surface area contributed by atoms with Gasteiger partial charge in [0.2, 0.25) is 10.0 Å². The fourth-order valence-electron chi connectivity index (χ4n) is 3.51. The zero-order valence-electron chi connectivity index (χ0n) is 13.0. The van der Waals surface area contributed by atoms with E-state index in [1.54, 1.807) is 0 Å². The van der Waals surface area contributed by atoms with Gasteiger partial charge in [-0.25, -0.2) is 13.1 Å². The van der Waals surface area contributed by atoms with E-state index < -0.39 is 10.0 Å². The molecule has 0 aromatic rings. The molecule has 0 atom stereocenters. The van der Waals surface area contributed by atoms with E-state index >= 15 is 0 Å². The Hall–Kier alpha value is 0.160. The molecule has 2 saturated carbocycles. The summed E-state index contributed by atoms with van der Waals surface area (Å²) in [7, 11) is -3.07. The monoisotopic (exact) mass is 338 g/mol. The summed E-state index contributed by atoms with van der Waals surface area (Å²) in [5.41, 5.74) is 0. The summed E-state index contributed by atoms with van der Waals surface area (Å²) in [6.45, 7) is 1.29. The molecule has 0 unspecified atom stereocenters. The van der Waals surface area contributed by atoms with Gasteiger partial charge in [-0.05, 0) is 31.6 Å². The van der Waals surface area contributed by atoms with Crippen LogP contribution < -0.4 is 10.0 Å². The standard InChI is InChI=1S/C15H30N2O2S.ClH/c18-20(19,13-14-7-5-6-8-14)17-12-11-16-15-9-3-1-2-4-10-15;/h14-17H,1-13H2;1H. The molecule has 2 aliphatic rings. The van der Waals surface area contributed by atoms with E-state index in [9.17, 15) is 8.42 Å². The fourth-order valence-corrected chi connectivity index (χ4v) is 5.00. The second kappa shape index (κ2) is 10.0. The largest absolute Gasteiger partial charge is 0.313 e. The third-order valence-corrected chi connectivity index (χ3v) is 6.22. The lowest BCUT2D eigenvalue weighted by molar-refractivity contribution is 0.460. The number of nitrogens with one attached hydrogen (secondary N) is 2. The molecule has 2 fully saturated rings. The molecular weight excluding hydrogens is 308 g/mol. The topological polar surface area (TPSA) is 58.2 Å². The van der Waals surface area contributed by atoms with Crippen molar-refractivity contribution in [3.8, 4) is 0 Å². The number of halogens is 1. The highest BCUT2D eigenvalue weighted by Gasteiger charge is 2.22. The molecule has 126 valence electrons. The van der Waals surface area contributed by atoms with Crippen LogP contribution in [-0.2, 0) is 10.0 Å². The molecule has 2 N–H and O–H groups in total. The van der Waals surface area contributed by atoms with Gasteiger partial charge in [-0.1, -0.05) is 38.5 Å². The van der Waals surface area contributed by atoms with Crippen LogP contribution in [0.3, 0.4) is 0 Å². The second-order valence-electron chi connectivity index (χ2n) is 6.47. The number of rotatable bonds is 7. The van der Waals surface area contributed by atoms with Gasteiger partial charge in [0.25, 0.3) is 0 Å². The fraction of sp³-hybridized carbons (Fsp3) is 1.00. The maximum atomic E-state index is 12.0. The van der Waals surface area contributed by atoms with Crippen molar-refractivity contribution in [3.05, 3.63) is 0 Å². The lowest BCUT2D eigenvalue weighted by Crippen LogP contribution is -2.38. The second-order valence-corrected chi connectivity index (χ2v) is 8.32. The molecular formula is C15H31ClN2O2S. The van der Waals surface area contributed by atoms with Crippen molar-refractivity contribution < 1.29 is 8.42 Å². The van der Waals surface area contributed by atoms with Crippen molar-refractivity contribution in [2.24, 2.45) is 5.92 Å². The zero-order chi connectivity index (χ0) is 14.3. The molecule has 4 nitrogen and oxygen atoms in total. The predicted octanol–water partition coefficient (Wildman–Crippen LogP) is 2.83. The first kappa shape index (κ1) is 19.2. The van der Waals surface area contributed by atoms with Crippen molar-refractivity contribution in [1.82, 2.24) is 10.0 Å². The van der Waals surface area contributed by atoms with Crippen LogP contribution in [0.2, 0.25) is 0 Å². The number of hydrogen-bond acceptors (Lipinski definition) is 3. The molecule has 0 spiro atoms. The Morgan fingerprint density at radius 1 is 0.810 bits per heavy atom. The molecule has 0 aliphatic heterocycles. The highest BCUT2D eigenvalue weighted by Crippen LogP contribution is 2.25. The van der Waals surface area contributed by atoms with E-state index in [0.29, 0.717) is 24.3 Å². The summed E-state index contributed by atoms with van der Waals surface area (Å²) in [5, 5.41) is 3.50. The molecule has 0 bridgehead atoms. The van der Waals surface area contributed by atoms with Crippen LogP contribution in [0, 0.1) is 5.92 Å². The van der Waals surface area contributed by atoms with Gasteiger partial charge in [0.05, 0.1) is 5.75 Å². The maximum Gasteiger partial charge on any atom is 0.211 e. The lowest BCUT2D eigenvalue weighted by Gasteiger charge is -2.17. The average molecular weight is 339 g/mol. The highest BCUT2D eigenvalue weighted by atomic mass is 35.5. The Morgan fingerprint density at radius 3 is 2.00 bits per heavy atom. The van der Waals surface area contributed by atoms with Gasteiger partial charge in [0.1, 0.15) is 0 Å². The average Bonchev–Trinajstić information content (AvgIpc) is 2.76. The van der Waals surface area contributed by atoms with Crippen molar-refractivity contribution in [1.29, 1.82) is 0 Å². The Bertz CT molecular complexity index is 362. The normalized spacial score (nSPS) is 21.9. The molecule has 0 aromatic carbocycles. The summed E-state index contributed by atoms with van der Waals surface area (Å²) in [4.78, 5) is 0. The first-order valence-electron chi connectivity index (χ1n) is 8.36. The smallest absolute Gasteiger partial charge is 0.211 e. The van der Waals surface area contributed by atoms with E-state index in [1.165, 1.54) is 51.4 Å². The molecule has 0 radical (unpaired) electrons. The van der Waals surface area contributed by atoms with Crippen LogP contribution in [0.15, 0.2) is 0 Å². The first-order valence-corrected chi connectivity index (χ1v) is 10.0. The van der Waals surface area contributed by atoms with Crippen LogP contribution in [0.5, 0.6) is 0 Å². The van der Waals surface area contributed by atoms with E-state index in [0.717, 1.165) is 19.4 Å². The van der Waals surface area contributed by atoms with E-state index in [4.69, 9.17) is 0 Å². The maximum absolute atomic E-state index is 12.0. The molecule has 21 heavy (non-hydrogen) atoms. The Labute approximate surface area is 136 Å². The molecule has 2 aliphatic carbocycles. The number of sulfonamides is 1. The Morgan fingerprint density at radius 2 is 1.38 bits per heavy atom. The summed E-state index contributed by atoms with van der Waals surface area (Å²) < 4.78 is 26.7. The van der Waals surface area contributed by atoms with Crippen molar-refractivity contribution in [2.75, 3.05) is 18.8 Å². The van der Waals surface area contributed by atoms with Crippen LogP contribution in [0.1, 0.15) is 64.2 Å². The van der Waals surface area contributed by atoms with Gasteiger partial charge in [-0.3, -0.25) is 0 Å². The van der Waals surface area contributed by atoms with Crippen LogP contribution in [-0.4, -0.2) is 33.3 Å². The molecule has 6 heteroatoms. The third-order valence-electron chi connectivity index (χ3n) is 4.67. The zero-order valence-corrected chi connectivity index (χ0v) is 14.6. The van der Waals surface area contributed by atoms with Gasteiger partial charge in [0, 0.05) is 19.1 Å². The van der Waals surface area contributed by atoms with Crippen LogP contribution in [0.25, 0.3) is 0 Å². The van der Waals surface area contributed by atoms with Crippen molar-refractivity contribution in [2.45, 2.75) is 70.3 Å². The summed E-state index contributed by atoms with van der Waals surface area (Å²) >= 11 is 0. The van der Waals surface area contributed by atoms with Gasteiger partial charge < -0.3 is 5.32 Å². The Balaban J connectivity index is 0.00000220. The summed E-state index contributed by atoms with van der Waals surface area (Å²) in [6.07, 6.45) is 12.4. The van der Waals surface area contributed by atoms with Gasteiger partial charge >= 0.3 is 0 Å². The molecule has 0 saturated heterocycles. The molecule has 2 rings (SSSR count).